The largest absolute Gasteiger partial charge is 0.381 e. The van der Waals surface area contributed by atoms with Crippen molar-refractivity contribution in [2.45, 2.75) is 77.0 Å². The summed E-state index contributed by atoms with van der Waals surface area (Å²) in [5.41, 5.74) is 3.09. The van der Waals surface area contributed by atoms with Crippen molar-refractivity contribution >= 4 is 0 Å². The Bertz CT molecular complexity index is 528. The van der Waals surface area contributed by atoms with E-state index in [0.29, 0.717) is 0 Å². The summed E-state index contributed by atoms with van der Waals surface area (Å²) in [6, 6.07) is 9.55. The minimum Gasteiger partial charge on any atom is -0.381 e. The molecule has 2 saturated carbocycles. The molecule has 0 N–H and O–H groups in total. The highest BCUT2D eigenvalue weighted by molar-refractivity contribution is 5.26. The number of rotatable bonds is 7. The van der Waals surface area contributed by atoms with Gasteiger partial charge in [0.05, 0.1) is 6.61 Å². The second-order valence-corrected chi connectivity index (χ2v) is 8.66. The van der Waals surface area contributed by atoms with Gasteiger partial charge in [-0.05, 0) is 92.6 Å². The highest BCUT2D eigenvalue weighted by atomic mass is 16.5. The number of allylic oxidation sites excluding steroid dienone is 1. The first kappa shape index (κ1) is 19.7. The predicted octanol–water partition coefficient (Wildman–Crippen LogP) is 6.92. The van der Waals surface area contributed by atoms with Gasteiger partial charge in [0.1, 0.15) is 0 Å². The number of aryl methyl sites for hydroxylation is 1. The maximum Gasteiger partial charge on any atom is 0.0643 e. The van der Waals surface area contributed by atoms with Crippen LogP contribution >= 0.6 is 0 Å². The van der Waals surface area contributed by atoms with Crippen LogP contribution in [-0.2, 0) is 11.2 Å². The molecule has 144 valence electrons. The zero-order valence-electron chi connectivity index (χ0n) is 17.0. The summed E-state index contributed by atoms with van der Waals surface area (Å²) in [6.45, 7) is 3.03. The van der Waals surface area contributed by atoms with E-state index in [0.717, 1.165) is 30.3 Å². The summed E-state index contributed by atoms with van der Waals surface area (Å²) in [6.07, 6.45) is 18.5. The van der Waals surface area contributed by atoms with Crippen molar-refractivity contribution in [3.8, 4) is 0 Å². The Morgan fingerprint density at radius 1 is 0.885 bits per heavy atom. The van der Waals surface area contributed by atoms with Crippen molar-refractivity contribution in [1.82, 2.24) is 0 Å². The molecule has 0 atom stereocenters. The lowest BCUT2D eigenvalue weighted by Gasteiger charge is -2.37. The van der Waals surface area contributed by atoms with Gasteiger partial charge < -0.3 is 4.74 Å². The lowest BCUT2D eigenvalue weighted by molar-refractivity contribution is 0.171. The molecule has 2 fully saturated rings. The minimum atomic E-state index is 0.767. The fourth-order valence-electron chi connectivity index (χ4n) is 5.32. The van der Waals surface area contributed by atoms with Crippen LogP contribution in [0.2, 0.25) is 0 Å². The number of hydrogen-bond donors (Lipinski definition) is 0. The van der Waals surface area contributed by atoms with Gasteiger partial charge in [0, 0.05) is 7.11 Å². The lowest BCUT2D eigenvalue weighted by atomic mass is 9.68. The summed E-state index contributed by atoms with van der Waals surface area (Å²) in [5, 5.41) is 0. The van der Waals surface area contributed by atoms with Crippen LogP contribution in [0.3, 0.4) is 0 Å². The topological polar surface area (TPSA) is 9.23 Å². The lowest BCUT2D eigenvalue weighted by Crippen LogP contribution is -2.25. The average Bonchev–Trinajstić information content (AvgIpc) is 2.70. The number of ether oxygens (including phenoxy) is 1. The molecule has 1 heteroatoms. The Morgan fingerprint density at radius 3 is 2.08 bits per heavy atom. The molecule has 0 aromatic heterocycles. The molecule has 0 saturated heterocycles. The van der Waals surface area contributed by atoms with E-state index in [1.165, 1.54) is 69.8 Å². The molecule has 0 aliphatic heterocycles. The second kappa shape index (κ2) is 10.3. The molecule has 26 heavy (non-hydrogen) atoms. The number of methoxy groups -OCH3 is 1. The molecule has 1 aromatic rings. The summed E-state index contributed by atoms with van der Waals surface area (Å²) >= 11 is 0. The molecule has 1 aromatic carbocycles. The van der Waals surface area contributed by atoms with Crippen LogP contribution in [0, 0.1) is 17.8 Å². The van der Waals surface area contributed by atoms with Crippen molar-refractivity contribution in [3.05, 3.63) is 47.5 Å². The maximum absolute atomic E-state index is 5.13. The van der Waals surface area contributed by atoms with E-state index in [9.17, 15) is 0 Å². The second-order valence-electron chi connectivity index (χ2n) is 8.66. The fourth-order valence-corrected chi connectivity index (χ4v) is 5.32. The third-order valence-corrected chi connectivity index (χ3v) is 6.92. The van der Waals surface area contributed by atoms with Gasteiger partial charge in [-0.2, -0.15) is 0 Å². The van der Waals surface area contributed by atoms with Gasteiger partial charge in [-0.25, -0.2) is 0 Å². The standard InChI is InChI=1S/C25H38O/c1-3-5-20-7-11-22(12-8-20)24-15-17-25(18-16-24)23-13-9-21(10-14-23)6-4-19-26-2/h4,6-8,11-12,21,23-25H,3,5,9-10,13-19H2,1-2H3/t21-,23-,24-,25-. The van der Waals surface area contributed by atoms with E-state index in [-0.39, 0.29) is 0 Å². The van der Waals surface area contributed by atoms with Crippen LogP contribution in [0.5, 0.6) is 0 Å². The monoisotopic (exact) mass is 354 g/mol. The molecule has 2 aliphatic carbocycles. The highest BCUT2D eigenvalue weighted by Crippen LogP contribution is 2.44. The molecule has 0 bridgehead atoms. The Morgan fingerprint density at radius 2 is 1.50 bits per heavy atom. The van der Waals surface area contributed by atoms with E-state index < -0.39 is 0 Å². The first-order valence-electron chi connectivity index (χ1n) is 11.0. The summed E-state index contributed by atoms with van der Waals surface area (Å²) in [5.74, 6) is 3.61. The van der Waals surface area contributed by atoms with Gasteiger partial charge in [0.2, 0.25) is 0 Å². The molecule has 3 rings (SSSR count). The molecule has 0 radical (unpaired) electrons. The molecular weight excluding hydrogens is 316 g/mol. The van der Waals surface area contributed by atoms with Gasteiger partial charge in [0.15, 0.2) is 0 Å². The third kappa shape index (κ3) is 5.46. The zero-order chi connectivity index (χ0) is 18.2. The summed E-state index contributed by atoms with van der Waals surface area (Å²) < 4.78 is 5.13. The Kier molecular flexibility index (Phi) is 7.80. The normalized spacial score (nSPS) is 29.9. The summed E-state index contributed by atoms with van der Waals surface area (Å²) in [7, 11) is 1.77. The zero-order valence-corrected chi connectivity index (χ0v) is 17.0. The van der Waals surface area contributed by atoms with Crippen LogP contribution in [0.25, 0.3) is 0 Å². The van der Waals surface area contributed by atoms with Crippen LogP contribution in [0.1, 0.15) is 81.8 Å². The van der Waals surface area contributed by atoms with Gasteiger partial charge in [-0.3, -0.25) is 0 Å². The predicted molar refractivity (Wildman–Crippen MR) is 112 cm³/mol. The first-order valence-corrected chi connectivity index (χ1v) is 11.0. The summed E-state index contributed by atoms with van der Waals surface area (Å²) in [4.78, 5) is 0. The van der Waals surface area contributed by atoms with Gasteiger partial charge in [-0.1, -0.05) is 49.8 Å². The Labute approximate surface area is 161 Å². The van der Waals surface area contributed by atoms with E-state index in [1.54, 1.807) is 12.7 Å². The fraction of sp³-hybridized carbons (Fsp3) is 0.680. The van der Waals surface area contributed by atoms with Gasteiger partial charge in [0.25, 0.3) is 0 Å². The van der Waals surface area contributed by atoms with Crippen molar-refractivity contribution in [1.29, 1.82) is 0 Å². The third-order valence-electron chi connectivity index (χ3n) is 6.92. The number of benzene rings is 1. The molecular formula is C25H38O. The van der Waals surface area contributed by atoms with Gasteiger partial charge in [-0.15, -0.1) is 0 Å². The van der Waals surface area contributed by atoms with Crippen molar-refractivity contribution in [3.63, 3.8) is 0 Å². The highest BCUT2D eigenvalue weighted by Gasteiger charge is 2.30. The minimum absolute atomic E-state index is 0.767. The van der Waals surface area contributed by atoms with E-state index in [4.69, 9.17) is 4.74 Å². The van der Waals surface area contributed by atoms with E-state index in [1.807, 2.05) is 0 Å². The van der Waals surface area contributed by atoms with Crippen LogP contribution in [0.15, 0.2) is 36.4 Å². The van der Waals surface area contributed by atoms with E-state index in [2.05, 4.69) is 43.3 Å². The maximum atomic E-state index is 5.13. The Hall–Kier alpha value is -1.08. The molecule has 1 nitrogen and oxygen atoms in total. The van der Waals surface area contributed by atoms with Crippen molar-refractivity contribution < 1.29 is 4.74 Å². The first-order chi connectivity index (χ1) is 12.8. The molecule has 0 spiro atoms. The van der Waals surface area contributed by atoms with Crippen molar-refractivity contribution in [2.75, 3.05) is 13.7 Å². The quantitative estimate of drug-likeness (QED) is 0.483. The Balaban J connectivity index is 1.42. The van der Waals surface area contributed by atoms with Crippen LogP contribution in [-0.4, -0.2) is 13.7 Å². The molecule has 0 amide bonds. The number of hydrogen-bond acceptors (Lipinski definition) is 1. The molecule has 0 heterocycles. The van der Waals surface area contributed by atoms with Gasteiger partial charge >= 0.3 is 0 Å². The SMILES string of the molecule is CCCc1ccc([C@H]2CC[C@H]([C@H]3CC[C@H](C=CCOC)CC3)CC2)cc1. The van der Waals surface area contributed by atoms with Crippen LogP contribution < -0.4 is 0 Å². The molecule has 2 aliphatic rings. The van der Waals surface area contributed by atoms with Crippen molar-refractivity contribution in [2.24, 2.45) is 17.8 Å². The molecule has 0 unspecified atom stereocenters. The average molecular weight is 355 g/mol. The van der Waals surface area contributed by atoms with Crippen LogP contribution in [0.4, 0.5) is 0 Å². The van der Waals surface area contributed by atoms with E-state index >= 15 is 0 Å². The smallest absolute Gasteiger partial charge is 0.0643 e.